The number of hydrogen-bond acceptors (Lipinski definition) is 4. The molecule has 1 aromatic heterocycles. The molecule has 4 fully saturated rings. The third kappa shape index (κ3) is 3.22. The van der Waals surface area contributed by atoms with Gasteiger partial charge in [-0.15, -0.1) is 0 Å². The molecule has 1 saturated carbocycles. The van der Waals surface area contributed by atoms with Crippen molar-refractivity contribution in [2.45, 2.75) is 75.4 Å². The van der Waals surface area contributed by atoms with Gasteiger partial charge in [-0.05, 0) is 30.0 Å². The van der Waals surface area contributed by atoms with Crippen molar-refractivity contribution < 1.29 is 14.2 Å². The fourth-order valence-electron chi connectivity index (χ4n) is 6.49. The fraction of sp³-hybridized carbons (Fsp3) is 0.481. The quantitative estimate of drug-likeness (QED) is 0.614. The van der Waals surface area contributed by atoms with Crippen molar-refractivity contribution in [2.75, 3.05) is 6.54 Å². The van der Waals surface area contributed by atoms with Crippen molar-refractivity contribution in [2.24, 2.45) is 0 Å². The Kier molecular flexibility index (Phi) is 4.48. The molecule has 32 heavy (non-hydrogen) atoms. The van der Waals surface area contributed by atoms with Crippen LogP contribution >= 0.6 is 0 Å². The molecular formula is C27H30N2O3. The number of H-pyrrole nitrogens is 1. The van der Waals surface area contributed by atoms with E-state index in [1.807, 2.05) is 0 Å². The summed E-state index contributed by atoms with van der Waals surface area (Å²) in [6.07, 6.45) is 6.76. The molecule has 166 valence electrons. The van der Waals surface area contributed by atoms with Crippen molar-refractivity contribution >= 4 is 10.9 Å². The average molecular weight is 431 g/mol. The Hall–Kier alpha value is -2.18. The van der Waals surface area contributed by atoms with Crippen LogP contribution in [0, 0.1) is 0 Å². The van der Waals surface area contributed by atoms with Crippen LogP contribution in [0.4, 0.5) is 0 Å². The molecule has 5 heteroatoms. The summed E-state index contributed by atoms with van der Waals surface area (Å²) < 4.78 is 19.0. The standard InChI is InChI=1S/C27H30N2O3/c1-2-6-18(7-3-1)17-29-13-11-23-22-8-4-5-9-24(22)28-26(23)25(29)10-12-27-30-19-14-20(31-27)16-21(15-19)32-27/h1-9,19-21,25,28H,10-17H2. The number of rotatable bonds is 5. The first-order chi connectivity index (χ1) is 15.7. The second-order valence-corrected chi connectivity index (χ2v) is 9.93. The van der Waals surface area contributed by atoms with E-state index in [1.54, 1.807) is 0 Å². The zero-order chi connectivity index (χ0) is 21.1. The van der Waals surface area contributed by atoms with E-state index in [4.69, 9.17) is 14.2 Å². The van der Waals surface area contributed by atoms with Crippen LogP contribution in [0.2, 0.25) is 0 Å². The van der Waals surface area contributed by atoms with Crippen LogP contribution in [0.25, 0.3) is 10.9 Å². The Labute approximate surface area is 188 Å². The Morgan fingerprint density at radius 2 is 1.56 bits per heavy atom. The molecule has 1 N–H and O–H groups in total. The first-order valence-corrected chi connectivity index (χ1v) is 12.2. The van der Waals surface area contributed by atoms with Crippen LogP contribution in [-0.4, -0.2) is 40.7 Å². The summed E-state index contributed by atoms with van der Waals surface area (Å²) in [7, 11) is 0. The van der Waals surface area contributed by atoms with Gasteiger partial charge in [-0.3, -0.25) is 4.90 Å². The first-order valence-electron chi connectivity index (χ1n) is 12.2. The van der Waals surface area contributed by atoms with Crippen LogP contribution in [0.3, 0.4) is 0 Å². The van der Waals surface area contributed by atoms with Crippen LogP contribution in [0.5, 0.6) is 0 Å². The lowest BCUT2D eigenvalue weighted by Crippen LogP contribution is -2.62. The molecule has 1 atom stereocenters. The number of ether oxygens (including phenoxy) is 3. The number of fused-ring (bicyclic) bond motifs is 3. The highest BCUT2D eigenvalue weighted by atomic mass is 16.9. The number of nitrogens with zero attached hydrogens (tertiary/aromatic N) is 1. The topological polar surface area (TPSA) is 46.7 Å². The van der Waals surface area contributed by atoms with Crippen molar-refractivity contribution in [3.8, 4) is 0 Å². The highest BCUT2D eigenvalue weighted by Gasteiger charge is 2.54. The Balaban J connectivity index is 1.20. The summed E-state index contributed by atoms with van der Waals surface area (Å²) in [5.41, 5.74) is 5.43. The highest BCUT2D eigenvalue weighted by Crippen LogP contribution is 2.48. The zero-order valence-electron chi connectivity index (χ0n) is 18.3. The number of aromatic amines is 1. The van der Waals surface area contributed by atoms with Gasteiger partial charge in [-0.25, -0.2) is 0 Å². The zero-order valence-corrected chi connectivity index (χ0v) is 18.3. The Morgan fingerprint density at radius 1 is 0.875 bits per heavy atom. The van der Waals surface area contributed by atoms with Gasteiger partial charge in [0.05, 0.1) is 24.4 Å². The molecule has 5 aliphatic rings. The Bertz CT molecular complexity index is 1090. The molecule has 4 aliphatic heterocycles. The van der Waals surface area contributed by atoms with Crippen LogP contribution < -0.4 is 0 Å². The lowest BCUT2D eigenvalue weighted by atomic mass is 9.88. The van der Waals surface area contributed by atoms with Crippen LogP contribution in [-0.2, 0) is 27.2 Å². The summed E-state index contributed by atoms with van der Waals surface area (Å²) in [5, 5.41) is 1.37. The van der Waals surface area contributed by atoms with Gasteiger partial charge in [-0.1, -0.05) is 48.5 Å². The summed E-state index contributed by atoms with van der Waals surface area (Å²) in [6.45, 7) is 2.00. The fourth-order valence-corrected chi connectivity index (χ4v) is 6.49. The number of benzene rings is 2. The van der Waals surface area contributed by atoms with Crippen LogP contribution in [0.1, 0.15) is 55.0 Å². The van der Waals surface area contributed by atoms with E-state index in [2.05, 4.69) is 64.5 Å². The van der Waals surface area contributed by atoms with Crippen molar-refractivity contribution in [1.82, 2.24) is 9.88 Å². The summed E-state index contributed by atoms with van der Waals surface area (Å²) in [4.78, 5) is 6.39. The molecule has 8 rings (SSSR count). The van der Waals surface area contributed by atoms with Gasteiger partial charge in [0.15, 0.2) is 0 Å². The maximum atomic E-state index is 6.33. The molecule has 5 nitrogen and oxygen atoms in total. The second-order valence-electron chi connectivity index (χ2n) is 9.93. The molecule has 3 aromatic rings. The number of nitrogens with one attached hydrogen (secondary N) is 1. The molecule has 5 heterocycles. The minimum absolute atomic E-state index is 0.287. The number of hydrogen-bond donors (Lipinski definition) is 1. The van der Waals surface area contributed by atoms with Crippen molar-refractivity contribution in [3.63, 3.8) is 0 Å². The minimum atomic E-state index is -0.837. The van der Waals surface area contributed by atoms with E-state index in [1.165, 1.54) is 27.7 Å². The largest absolute Gasteiger partial charge is 0.357 e. The predicted molar refractivity (Wildman–Crippen MR) is 122 cm³/mol. The van der Waals surface area contributed by atoms with Crippen molar-refractivity contribution in [1.29, 1.82) is 0 Å². The Morgan fingerprint density at radius 3 is 2.31 bits per heavy atom. The lowest BCUT2D eigenvalue weighted by Gasteiger charge is -2.55. The third-order valence-electron chi connectivity index (χ3n) is 7.84. The van der Waals surface area contributed by atoms with Crippen molar-refractivity contribution in [3.05, 3.63) is 71.4 Å². The molecule has 4 bridgehead atoms. The summed E-state index contributed by atoms with van der Waals surface area (Å²) in [6, 6.07) is 19.8. The molecule has 1 aliphatic carbocycles. The lowest BCUT2D eigenvalue weighted by molar-refractivity contribution is -0.495. The molecule has 1 unspecified atom stereocenters. The maximum absolute atomic E-state index is 6.33. The van der Waals surface area contributed by atoms with Crippen LogP contribution in [0.15, 0.2) is 54.6 Å². The van der Waals surface area contributed by atoms with Gasteiger partial charge >= 0.3 is 0 Å². The molecule has 3 saturated heterocycles. The van der Waals surface area contributed by atoms with Gasteiger partial charge < -0.3 is 19.2 Å². The average Bonchev–Trinajstić information content (AvgIpc) is 3.17. The molecule has 0 spiro atoms. The van der Waals surface area contributed by atoms with Gasteiger partial charge in [0.1, 0.15) is 0 Å². The molecule has 0 amide bonds. The minimum Gasteiger partial charge on any atom is -0.357 e. The second kappa shape index (κ2) is 7.42. The van der Waals surface area contributed by atoms with Gasteiger partial charge in [0.25, 0.3) is 5.97 Å². The molecular weight excluding hydrogens is 400 g/mol. The number of aromatic nitrogens is 1. The molecule has 2 aromatic carbocycles. The van der Waals surface area contributed by atoms with Gasteiger partial charge in [0.2, 0.25) is 0 Å². The van der Waals surface area contributed by atoms with E-state index in [-0.39, 0.29) is 6.04 Å². The monoisotopic (exact) mass is 430 g/mol. The van der Waals surface area contributed by atoms with Gasteiger partial charge in [0, 0.05) is 55.4 Å². The SMILES string of the molecule is c1ccc(CN2CCc3c([nH]c4ccccc34)C2CCC23OC4CC(CC(C4)O2)O3)cc1. The smallest absolute Gasteiger partial charge is 0.283 e. The highest BCUT2D eigenvalue weighted by molar-refractivity contribution is 5.85. The molecule has 0 radical (unpaired) electrons. The summed E-state index contributed by atoms with van der Waals surface area (Å²) in [5.74, 6) is -0.837. The van der Waals surface area contributed by atoms with E-state index in [0.717, 1.165) is 51.6 Å². The van der Waals surface area contributed by atoms with E-state index >= 15 is 0 Å². The third-order valence-corrected chi connectivity index (χ3v) is 7.84. The first kappa shape index (κ1) is 19.3. The van der Waals surface area contributed by atoms with E-state index < -0.39 is 5.97 Å². The van der Waals surface area contributed by atoms with E-state index in [0.29, 0.717) is 18.3 Å². The number of para-hydroxylation sites is 1. The van der Waals surface area contributed by atoms with E-state index in [9.17, 15) is 0 Å². The summed E-state index contributed by atoms with van der Waals surface area (Å²) >= 11 is 0. The maximum Gasteiger partial charge on any atom is 0.283 e. The normalized spacial score (nSPS) is 33.6. The van der Waals surface area contributed by atoms with Gasteiger partial charge in [-0.2, -0.15) is 0 Å². The predicted octanol–water partition coefficient (Wildman–Crippen LogP) is 5.07.